The van der Waals surface area contributed by atoms with Crippen molar-refractivity contribution in [2.24, 2.45) is 0 Å². The van der Waals surface area contributed by atoms with Crippen LogP contribution in [0.25, 0.3) is 0 Å². The van der Waals surface area contributed by atoms with Crippen LogP contribution in [0.2, 0.25) is 5.02 Å². The first kappa shape index (κ1) is 15.6. The van der Waals surface area contributed by atoms with E-state index in [-0.39, 0.29) is 11.8 Å². The SMILES string of the molecule is CCCOc1ccc(Cl)cc1C(=O)NN1CCCCC1=O. The van der Waals surface area contributed by atoms with Gasteiger partial charge >= 0.3 is 0 Å². The molecule has 5 nitrogen and oxygen atoms in total. The van der Waals surface area contributed by atoms with E-state index in [1.807, 2.05) is 6.92 Å². The summed E-state index contributed by atoms with van der Waals surface area (Å²) in [5.74, 6) is 0.0368. The van der Waals surface area contributed by atoms with Gasteiger partial charge in [-0.05, 0) is 37.5 Å². The molecule has 6 heteroatoms. The van der Waals surface area contributed by atoms with E-state index >= 15 is 0 Å². The van der Waals surface area contributed by atoms with E-state index < -0.39 is 0 Å². The molecule has 2 amide bonds. The van der Waals surface area contributed by atoms with Crippen LogP contribution in [-0.2, 0) is 4.79 Å². The molecule has 0 spiro atoms. The first-order chi connectivity index (χ1) is 10.1. The molecule has 1 N–H and O–H groups in total. The van der Waals surface area contributed by atoms with Crippen LogP contribution in [0, 0.1) is 0 Å². The summed E-state index contributed by atoms with van der Waals surface area (Å²) in [5, 5.41) is 1.82. The van der Waals surface area contributed by atoms with E-state index in [1.165, 1.54) is 5.01 Å². The standard InChI is InChI=1S/C15H19ClN2O3/c1-2-9-21-13-7-6-11(16)10-12(13)15(20)17-18-8-4-3-5-14(18)19/h6-7,10H,2-5,8-9H2,1H3,(H,17,20). The zero-order valence-electron chi connectivity index (χ0n) is 12.0. The summed E-state index contributed by atoms with van der Waals surface area (Å²) >= 11 is 5.95. The number of ether oxygens (including phenoxy) is 1. The van der Waals surface area contributed by atoms with Gasteiger partial charge in [-0.15, -0.1) is 0 Å². The van der Waals surface area contributed by atoms with E-state index in [0.29, 0.717) is 35.9 Å². The largest absolute Gasteiger partial charge is 0.493 e. The first-order valence-electron chi connectivity index (χ1n) is 7.15. The van der Waals surface area contributed by atoms with Gasteiger partial charge in [0.15, 0.2) is 0 Å². The fourth-order valence-electron chi connectivity index (χ4n) is 2.12. The van der Waals surface area contributed by atoms with Gasteiger partial charge in [0, 0.05) is 18.0 Å². The Hall–Kier alpha value is -1.75. The molecule has 0 aliphatic carbocycles. The van der Waals surface area contributed by atoms with Crippen molar-refractivity contribution in [2.45, 2.75) is 32.6 Å². The number of halogens is 1. The van der Waals surface area contributed by atoms with Gasteiger partial charge in [-0.2, -0.15) is 0 Å². The Balaban J connectivity index is 2.13. The van der Waals surface area contributed by atoms with Crippen LogP contribution >= 0.6 is 11.6 Å². The number of nitrogens with one attached hydrogen (secondary N) is 1. The Kier molecular flexibility index (Phi) is 5.44. The highest BCUT2D eigenvalue weighted by molar-refractivity contribution is 6.31. The molecule has 0 saturated carbocycles. The minimum atomic E-state index is -0.376. The van der Waals surface area contributed by atoms with Gasteiger partial charge < -0.3 is 4.74 Å². The molecule has 0 unspecified atom stereocenters. The van der Waals surface area contributed by atoms with Crippen molar-refractivity contribution in [2.75, 3.05) is 13.2 Å². The van der Waals surface area contributed by atoms with Gasteiger partial charge in [-0.3, -0.25) is 20.0 Å². The molecule has 21 heavy (non-hydrogen) atoms. The number of rotatable bonds is 5. The summed E-state index contributed by atoms with van der Waals surface area (Å²) in [6.45, 7) is 3.04. The van der Waals surface area contributed by atoms with Crippen LogP contribution in [0.15, 0.2) is 18.2 Å². The highest BCUT2D eigenvalue weighted by Gasteiger charge is 2.22. The second kappa shape index (κ2) is 7.31. The highest BCUT2D eigenvalue weighted by atomic mass is 35.5. The van der Waals surface area contributed by atoms with Crippen LogP contribution in [0.3, 0.4) is 0 Å². The Morgan fingerprint density at radius 3 is 2.95 bits per heavy atom. The van der Waals surface area contributed by atoms with E-state index in [9.17, 15) is 9.59 Å². The van der Waals surface area contributed by atoms with E-state index in [0.717, 1.165) is 19.3 Å². The van der Waals surface area contributed by atoms with Crippen LogP contribution < -0.4 is 10.2 Å². The van der Waals surface area contributed by atoms with Crippen molar-refractivity contribution < 1.29 is 14.3 Å². The number of piperidine rings is 1. The lowest BCUT2D eigenvalue weighted by atomic mass is 10.1. The van der Waals surface area contributed by atoms with Gasteiger partial charge in [-0.25, -0.2) is 0 Å². The lowest BCUT2D eigenvalue weighted by molar-refractivity contribution is -0.135. The summed E-state index contributed by atoms with van der Waals surface area (Å²) in [6.07, 6.45) is 3.07. The number of carbonyl (C=O) groups is 2. The second-order valence-electron chi connectivity index (χ2n) is 4.93. The normalized spacial score (nSPS) is 15.0. The van der Waals surface area contributed by atoms with Gasteiger partial charge in [-0.1, -0.05) is 18.5 Å². The number of nitrogens with zero attached hydrogens (tertiary/aromatic N) is 1. The quantitative estimate of drug-likeness (QED) is 0.909. The zero-order chi connectivity index (χ0) is 15.2. The number of amides is 2. The summed E-state index contributed by atoms with van der Waals surface area (Å²) in [4.78, 5) is 24.1. The first-order valence-corrected chi connectivity index (χ1v) is 7.53. The molecule has 1 aromatic rings. The summed E-state index contributed by atoms with van der Waals surface area (Å²) < 4.78 is 5.56. The topological polar surface area (TPSA) is 58.6 Å². The fourth-order valence-corrected chi connectivity index (χ4v) is 2.30. The number of hydrogen-bond donors (Lipinski definition) is 1. The average Bonchev–Trinajstić information content (AvgIpc) is 2.48. The molecular formula is C15H19ClN2O3. The molecule has 2 rings (SSSR count). The van der Waals surface area contributed by atoms with Crippen LogP contribution in [0.4, 0.5) is 0 Å². The predicted molar refractivity (Wildman–Crippen MR) is 80.3 cm³/mol. The maximum absolute atomic E-state index is 12.4. The van der Waals surface area contributed by atoms with Gasteiger partial charge in [0.2, 0.25) is 5.91 Å². The molecular weight excluding hydrogens is 292 g/mol. The molecule has 1 saturated heterocycles. The Bertz CT molecular complexity index is 534. The lowest BCUT2D eigenvalue weighted by Crippen LogP contribution is -2.48. The van der Waals surface area contributed by atoms with Gasteiger partial charge in [0.05, 0.1) is 12.2 Å². The third kappa shape index (κ3) is 4.11. The third-order valence-electron chi connectivity index (χ3n) is 3.21. The van der Waals surface area contributed by atoms with E-state index in [4.69, 9.17) is 16.3 Å². The summed E-state index contributed by atoms with van der Waals surface area (Å²) in [5.41, 5.74) is 2.98. The number of hydrazine groups is 1. The minimum absolute atomic E-state index is 0.0624. The van der Waals surface area contributed by atoms with Gasteiger partial charge in [0.1, 0.15) is 5.75 Å². The molecule has 0 atom stereocenters. The van der Waals surface area contributed by atoms with Gasteiger partial charge in [0.25, 0.3) is 5.91 Å². The van der Waals surface area contributed by atoms with Crippen molar-refractivity contribution in [3.63, 3.8) is 0 Å². The minimum Gasteiger partial charge on any atom is -0.493 e. The molecule has 1 aliphatic heterocycles. The Morgan fingerprint density at radius 2 is 2.24 bits per heavy atom. The van der Waals surface area contributed by atoms with Crippen LogP contribution in [0.1, 0.15) is 43.0 Å². The van der Waals surface area contributed by atoms with Crippen molar-refractivity contribution in [1.29, 1.82) is 0 Å². The molecule has 1 aromatic carbocycles. The average molecular weight is 311 g/mol. The molecule has 1 aliphatic rings. The number of carbonyl (C=O) groups excluding carboxylic acids is 2. The number of hydrogen-bond acceptors (Lipinski definition) is 3. The lowest BCUT2D eigenvalue weighted by Gasteiger charge is -2.27. The molecule has 0 aromatic heterocycles. The predicted octanol–water partition coefficient (Wildman–Crippen LogP) is 2.79. The molecule has 0 radical (unpaired) electrons. The summed E-state index contributed by atoms with van der Waals surface area (Å²) in [7, 11) is 0. The zero-order valence-corrected chi connectivity index (χ0v) is 12.8. The maximum Gasteiger partial charge on any atom is 0.273 e. The van der Waals surface area contributed by atoms with E-state index in [2.05, 4.69) is 5.43 Å². The Morgan fingerprint density at radius 1 is 1.43 bits per heavy atom. The van der Waals surface area contributed by atoms with Crippen molar-refractivity contribution >= 4 is 23.4 Å². The second-order valence-corrected chi connectivity index (χ2v) is 5.37. The smallest absolute Gasteiger partial charge is 0.273 e. The Labute approximate surface area is 129 Å². The van der Waals surface area contributed by atoms with Crippen molar-refractivity contribution in [1.82, 2.24) is 10.4 Å². The van der Waals surface area contributed by atoms with E-state index in [1.54, 1.807) is 18.2 Å². The third-order valence-corrected chi connectivity index (χ3v) is 3.44. The van der Waals surface area contributed by atoms with Crippen LogP contribution in [0.5, 0.6) is 5.75 Å². The molecule has 1 heterocycles. The molecule has 0 bridgehead atoms. The molecule has 1 fully saturated rings. The monoisotopic (exact) mass is 310 g/mol. The molecule has 114 valence electrons. The van der Waals surface area contributed by atoms with Crippen molar-refractivity contribution in [3.05, 3.63) is 28.8 Å². The fraction of sp³-hybridized carbons (Fsp3) is 0.467. The van der Waals surface area contributed by atoms with Crippen molar-refractivity contribution in [3.8, 4) is 5.75 Å². The highest BCUT2D eigenvalue weighted by Crippen LogP contribution is 2.23. The maximum atomic E-state index is 12.4. The summed E-state index contributed by atoms with van der Waals surface area (Å²) in [6, 6.07) is 4.90. The number of benzene rings is 1. The van der Waals surface area contributed by atoms with Crippen LogP contribution in [-0.4, -0.2) is 30.0 Å².